The quantitative estimate of drug-likeness (QED) is 0.223. The zero-order valence-electron chi connectivity index (χ0n) is 18.2. The normalized spacial score (nSPS) is 11.6. The Hall–Kier alpha value is -2.85. The highest BCUT2D eigenvalue weighted by Crippen LogP contribution is 2.46. The van der Waals surface area contributed by atoms with Gasteiger partial charge in [-0.1, -0.05) is 58.4 Å². The van der Waals surface area contributed by atoms with Gasteiger partial charge in [0.1, 0.15) is 11.5 Å². The maximum atomic E-state index is 12.8. The highest BCUT2D eigenvalue weighted by molar-refractivity contribution is 9.10. The first-order valence-electron chi connectivity index (χ1n) is 10.4. The van der Waals surface area contributed by atoms with Crippen LogP contribution < -0.4 is 9.47 Å². The monoisotopic (exact) mass is 476 g/mol. The van der Waals surface area contributed by atoms with Crippen molar-refractivity contribution in [2.24, 2.45) is 5.41 Å². The lowest BCUT2D eigenvalue weighted by molar-refractivity contribution is -0.142. The van der Waals surface area contributed by atoms with Crippen LogP contribution in [-0.4, -0.2) is 12.6 Å². The molecule has 0 N–H and O–H groups in total. The van der Waals surface area contributed by atoms with E-state index < -0.39 is 5.41 Å². The first-order valence-corrected chi connectivity index (χ1v) is 11.2. The van der Waals surface area contributed by atoms with Gasteiger partial charge in [-0.15, -0.1) is 0 Å². The Morgan fingerprint density at radius 3 is 2.23 bits per heavy atom. The maximum absolute atomic E-state index is 12.8. The fraction of sp³-hybridized carbons (Fsp3) is 0.222. The van der Waals surface area contributed by atoms with Crippen LogP contribution in [0.2, 0.25) is 0 Å². The largest absolute Gasteiger partial charge is 0.493 e. The van der Waals surface area contributed by atoms with Crippen LogP contribution in [0, 0.1) is 5.41 Å². The van der Waals surface area contributed by atoms with Crippen molar-refractivity contribution in [1.82, 2.24) is 0 Å². The van der Waals surface area contributed by atoms with E-state index in [1.165, 1.54) is 0 Å². The maximum Gasteiger partial charge on any atom is 0.316 e. The molecular weight excluding hydrogens is 452 g/mol. The van der Waals surface area contributed by atoms with Gasteiger partial charge in [-0.25, -0.2) is 0 Å². The number of esters is 1. The second-order valence-electron chi connectivity index (χ2n) is 8.54. The number of carbonyl (C=O) groups excluding carboxylic acids is 1. The summed E-state index contributed by atoms with van der Waals surface area (Å²) >= 11 is 3.57. The lowest BCUT2D eigenvalue weighted by Crippen LogP contribution is -2.25. The predicted molar refractivity (Wildman–Crippen MR) is 131 cm³/mol. The molecular formula is C27H25BrO3. The SMILES string of the molecule is CCOc1ccc2cc(Br)ccc2c1-c1c(OC(=O)C(C)(C)C)ccc2ccccc12. The Kier molecular flexibility index (Phi) is 5.76. The summed E-state index contributed by atoms with van der Waals surface area (Å²) in [6, 6.07) is 22.2. The molecule has 3 nitrogen and oxygen atoms in total. The minimum Gasteiger partial charge on any atom is -0.493 e. The summed E-state index contributed by atoms with van der Waals surface area (Å²) in [6.45, 7) is 8.08. The molecule has 0 fully saturated rings. The number of carbonyl (C=O) groups is 1. The molecule has 0 spiro atoms. The van der Waals surface area contributed by atoms with E-state index in [9.17, 15) is 4.79 Å². The van der Waals surface area contributed by atoms with Crippen molar-refractivity contribution < 1.29 is 14.3 Å². The number of halogens is 1. The van der Waals surface area contributed by atoms with E-state index in [2.05, 4.69) is 46.3 Å². The molecule has 0 radical (unpaired) electrons. The van der Waals surface area contributed by atoms with Crippen molar-refractivity contribution in [2.75, 3.05) is 6.61 Å². The molecule has 4 aromatic carbocycles. The Morgan fingerprint density at radius 1 is 0.839 bits per heavy atom. The fourth-order valence-electron chi connectivity index (χ4n) is 3.66. The summed E-state index contributed by atoms with van der Waals surface area (Å²) in [7, 11) is 0. The third-order valence-electron chi connectivity index (χ3n) is 5.20. The Bertz CT molecular complexity index is 1290. The summed E-state index contributed by atoms with van der Waals surface area (Å²) in [5.74, 6) is 1.03. The lowest BCUT2D eigenvalue weighted by Gasteiger charge is -2.21. The van der Waals surface area contributed by atoms with Crippen molar-refractivity contribution >= 4 is 43.4 Å². The summed E-state index contributed by atoms with van der Waals surface area (Å²) in [4.78, 5) is 12.8. The number of fused-ring (bicyclic) bond motifs is 2. The Labute approximate surface area is 191 Å². The lowest BCUT2D eigenvalue weighted by atomic mass is 9.92. The smallest absolute Gasteiger partial charge is 0.316 e. The average molecular weight is 477 g/mol. The van der Waals surface area contributed by atoms with Gasteiger partial charge in [-0.3, -0.25) is 4.79 Å². The van der Waals surface area contributed by atoms with Crippen LogP contribution in [0.3, 0.4) is 0 Å². The molecule has 4 rings (SSSR count). The van der Waals surface area contributed by atoms with Crippen molar-refractivity contribution in [3.05, 3.63) is 71.2 Å². The topological polar surface area (TPSA) is 35.5 Å². The third kappa shape index (κ3) is 4.17. The number of ether oxygens (including phenoxy) is 2. The van der Waals surface area contributed by atoms with Gasteiger partial charge in [0.2, 0.25) is 0 Å². The summed E-state index contributed by atoms with van der Waals surface area (Å²) < 4.78 is 13.0. The molecule has 0 aliphatic heterocycles. The van der Waals surface area contributed by atoms with Gasteiger partial charge in [0, 0.05) is 15.6 Å². The third-order valence-corrected chi connectivity index (χ3v) is 5.69. The second kappa shape index (κ2) is 8.35. The number of hydrogen-bond acceptors (Lipinski definition) is 3. The van der Waals surface area contributed by atoms with E-state index in [-0.39, 0.29) is 5.97 Å². The van der Waals surface area contributed by atoms with E-state index in [0.29, 0.717) is 12.4 Å². The summed E-state index contributed by atoms with van der Waals surface area (Å²) in [5, 5.41) is 4.20. The van der Waals surface area contributed by atoms with Gasteiger partial charge < -0.3 is 9.47 Å². The molecule has 0 aromatic heterocycles. The standard InChI is InChI=1S/C27H25BrO3/c1-5-30-22-14-11-18-16-19(28)12-13-21(18)24(22)25-20-9-7-6-8-17(20)10-15-23(25)31-26(29)27(2,3)4/h6-16H,5H2,1-4H3. The second-order valence-corrected chi connectivity index (χ2v) is 9.45. The van der Waals surface area contributed by atoms with Crippen LogP contribution in [0.5, 0.6) is 11.5 Å². The first-order chi connectivity index (χ1) is 14.8. The molecule has 0 aliphatic rings. The van der Waals surface area contributed by atoms with Crippen LogP contribution in [0.15, 0.2) is 71.2 Å². The average Bonchev–Trinajstić information content (AvgIpc) is 2.73. The molecule has 4 aromatic rings. The summed E-state index contributed by atoms with van der Waals surface area (Å²) in [6.07, 6.45) is 0. The van der Waals surface area contributed by atoms with Crippen molar-refractivity contribution in [3.8, 4) is 22.6 Å². The van der Waals surface area contributed by atoms with Gasteiger partial charge >= 0.3 is 5.97 Å². The molecule has 0 bridgehead atoms. The van der Waals surface area contributed by atoms with Gasteiger partial charge in [0.15, 0.2) is 0 Å². The molecule has 0 saturated carbocycles. The molecule has 0 aliphatic carbocycles. The van der Waals surface area contributed by atoms with Gasteiger partial charge in [-0.2, -0.15) is 0 Å². The van der Waals surface area contributed by atoms with Gasteiger partial charge in [0.05, 0.1) is 12.0 Å². The molecule has 0 amide bonds. The number of hydrogen-bond donors (Lipinski definition) is 0. The number of benzene rings is 4. The zero-order valence-corrected chi connectivity index (χ0v) is 19.7. The minimum absolute atomic E-state index is 0.273. The van der Waals surface area contributed by atoms with E-state index >= 15 is 0 Å². The highest BCUT2D eigenvalue weighted by Gasteiger charge is 2.26. The van der Waals surface area contributed by atoms with E-state index in [1.54, 1.807) is 0 Å². The van der Waals surface area contributed by atoms with Crippen LogP contribution in [0.25, 0.3) is 32.7 Å². The Balaban J connectivity index is 2.09. The van der Waals surface area contributed by atoms with Crippen LogP contribution in [0.1, 0.15) is 27.7 Å². The fourth-order valence-corrected chi connectivity index (χ4v) is 4.04. The molecule has 31 heavy (non-hydrogen) atoms. The van der Waals surface area contributed by atoms with Crippen LogP contribution in [0.4, 0.5) is 0 Å². The number of rotatable bonds is 4. The molecule has 0 heterocycles. The molecule has 4 heteroatoms. The van der Waals surface area contributed by atoms with E-state index in [4.69, 9.17) is 9.47 Å². The van der Waals surface area contributed by atoms with Crippen molar-refractivity contribution in [1.29, 1.82) is 0 Å². The van der Waals surface area contributed by atoms with E-state index in [0.717, 1.165) is 42.9 Å². The summed E-state index contributed by atoms with van der Waals surface area (Å²) in [5.41, 5.74) is 1.18. The van der Waals surface area contributed by atoms with Gasteiger partial charge in [0.25, 0.3) is 0 Å². The molecule has 158 valence electrons. The van der Waals surface area contributed by atoms with Crippen LogP contribution >= 0.6 is 15.9 Å². The van der Waals surface area contributed by atoms with Gasteiger partial charge in [-0.05, 0) is 73.5 Å². The zero-order chi connectivity index (χ0) is 22.2. The minimum atomic E-state index is -0.616. The molecule has 0 saturated heterocycles. The molecule has 0 atom stereocenters. The van der Waals surface area contributed by atoms with Crippen molar-refractivity contribution in [2.45, 2.75) is 27.7 Å². The molecule has 0 unspecified atom stereocenters. The highest BCUT2D eigenvalue weighted by atomic mass is 79.9. The predicted octanol–water partition coefficient (Wildman–Crippen LogP) is 7.77. The van der Waals surface area contributed by atoms with Crippen LogP contribution in [-0.2, 0) is 4.79 Å². The van der Waals surface area contributed by atoms with Crippen molar-refractivity contribution in [3.63, 3.8) is 0 Å². The van der Waals surface area contributed by atoms with E-state index in [1.807, 2.05) is 64.1 Å². The first kappa shape index (κ1) is 21.4. The Morgan fingerprint density at radius 2 is 1.48 bits per heavy atom.